The van der Waals surface area contributed by atoms with Gasteiger partial charge in [-0.15, -0.1) is 0 Å². The van der Waals surface area contributed by atoms with Crippen molar-refractivity contribution in [3.05, 3.63) is 83.6 Å². The van der Waals surface area contributed by atoms with Gasteiger partial charge in [0.15, 0.2) is 0 Å². The lowest BCUT2D eigenvalue weighted by Gasteiger charge is -2.21. The number of anilines is 2. The van der Waals surface area contributed by atoms with Crippen LogP contribution in [0.4, 0.5) is 11.5 Å². The Morgan fingerprint density at radius 3 is 2.50 bits per heavy atom. The topological polar surface area (TPSA) is 109 Å². The van der Waals surface area contributed by atoms with E-state index in [2.05, 4.69) is 41.1 Å². The quantitative estimate of drug-likeness (QED) is 0.415. The number of sulfonamides is 1. The van der Waals surface area contributed by atoms with Crippen molar-refractivity contribution in [3.63, 3.8) is 0 Å². The number of carbonyl (C=O) groups is 1. The molecule has 5 rings (SSSR count). The molecule has 3 atom stereocenters. The van der Waals surface area contributed by atoms with Crippen LogP contribution >= 0.6 is 0 Å². The molecule has 2 aliphatic heterocycles. The van der Waals surface area contributed by atoms with Crippen LogP contribution in [0.1, 0.15) is 56.2 Å². The Hall–Kier alpha value is -3.43. The zero-order chi connectivity index (χ0) is 26.9. The summed E-state index contributed by atoms with van der Waals surface area (Å²) in [4.78, 5) is 17.9. The number of nitrogens with zero attached hydrogens (tertiary/aromatic N) is 1. The second kappa shape index (κ2) is 10.4. The molecule has 3 N–H and O–H groups in total. The third kappa shape index (κ3) is 5.54. The molecule has 1 amide bonds. The largest absolute Gasteiger partial charge is 0.376 e. The molecule has 0 bridgehead atoms. The van der Waals surface area contributed by atoms with E-state index in [9.17, 15) is 13.2 Å². The van der Waals surface area contributed by atoms with E-state index >= 15 is 0 Å². The Balaban J connectivity index is 1.40. The van der Waals surface area contributed by atoms with Crippen molar-refractivity contribution in [1.29, 1.82) is 0 Å². The molecule has 2 aliphatic rings. The smallest absolute Gasteiger partial charge is 0.261 e. The maximum atomic E-state index is 13.3. The normalized spacial score (nSPS) is 21.0. The molecule has 38 heavy (non-hydrogen) atoms. The van der Waals surface area contributed by atoms with E-state index in [0.29, 0.717) is 18.1 Å². The number of pyridine rings is 1. The summed E-state index contributed by atoms with van der Waals surface area (Å²) in [6.07, 6.45) is 3.45. The van der Waals surface area contributed by atoms with Crippen LogP contribution in [-0.2, 0) is 25.0 Å². The molecule has 0 saturated carbocycles. The summed E-state index contributed by atoms with van der Waals surface area (Å²) in [6.45, 7) is 7.43. The lowest BCUT2D eigenvalue weighted by molar-refractivity contribution is -0.122. The highest BCUT2D eigenvalue weighted by molar-refractivity contribution is 7.92. The monoisotopic (exact) mass is 534 g/mol. The van der Waals surface area contributed by atoms with E-state index in [1.807, 2.05) is 42.5 Å². The van der Waals surface area contributed by atoms with Crippen LogP contribution in [0.25, 0.3) is 0 Å². The highest BCUT2D eigenvalue weighted by Gasteiger charge is 2.39. The number of carbonyl (C=O) groups excluding carboxylic acids is 1. The van der Waals surface area contributed by atoms with Crippen molar-refractivity contribution in [3.8, 4) is 0 Å². The van der Waals surface area contributed by atoms with Crippen molar-refractivity contribution in [2.24, 2.45) is 0 Å². The minimum absolute atomic E-state index is 0.0366. The Kier molecular flexibility index (Phi) is 7.15. The summed E-state index contributed by atoms with van der Waals surface area (Å²) in [5.41, 5.74) is 3.02. The Morgan fingerprint density at radius 1 is 1.11 bits per heavy atom. The zero-order valence-corrected chi connectivity index (χ0v) is 22.7. The van der Waals surface area contributed by atoms with Gasteiger partial charge in [-0.25, -0.2) is 13.4 Å². The number of ether oxygens (including phenoxy) is 1. The first-order valence-electron chi connectivity index (χ1n) is 13.0. The van der Waals surface area contributed by atoms with Gasteiger partial charge in [-0.3, -0.25) is 9.52 Å². The van der Waals surface area contributed by atoms with Gasteiger partial charge in [-0.2, -0.15) is 0 Å². The highest BCUT2D eigenvalue weighted by atomic mass is 32.2. The van der Waals surface area contributed by atoms with Crippen LogP contribution in [0.15, 0.2) is 71.8 Å². The molecule has 0 radical (unpaired) electrons. The Morgan fingerprint density at radius 2 is 1.84 bits per heavy atom. The predicted octanol–water partition coefficient (Wildman–Crippen LogP) is 4.40. The fraction of sp³-hybridized carbons (Fsp3) is 0.379. The maximum Gasteiger partial charge on any atom is 0.261 e. The van der Waals surface area contributed by atoms with Gasteiger partial charge in [0.05, 0.1) is 22.9 Å². The molecule has 1 saturated heterocycles. The lowest BCUT2D eigenvalue weighted by Crippen LogP contribution is -2.43. The number of aromatic nitrogens is 1. The fourth-order valence-electron chi connectivity index (χ4n) is 5.03. The number of amides is 1. The average Bonchev–Trinajstić information content (AvgIpc) is 3.55. The minimum Gasteiger partial charge on any atom is -0.376 e. The molecule has 8 nitrogen and oxygen atoms in total. The standard InChI is InChI=1S/C29H34N4O4S/c1-29(2,3)20-11-13-23(14-12-20)38(35,36)33-21-16-24-25(19-8-5-4-6-9-19)26(32-27(24)30-17-21)28(34)31-18-22-10-7-15-37-22/h4-6,8-9,11-14,16-17,22,25-26,33H,7,10,15,18H2,1-3H3,(H,30,32)(H,31,34). The zero-order valence-electron chi connectivity index (χ0n) is 21.9. The van der Waals surface area contributed by atoms with Gasteiger partial charge < -0.3 is 15.4 Å². The highest BCUT2D eigenvalue weighted by Crippen LogP contribution is 2.41. The van der Waals surface area contributed by atoms with E-state index in [-0.39, 0.29) is 28.2 Å². The van der Waals surface area contributed by atoms with Crippen molar-refractivity contribution in [1.82, 2.24) is 10.3 Å². The number of benzene rings is 2. The number of hydrogen-bond acceptors (Lipinski definition) is 6. The van der Waals surface area contributed by atoms with E-state index < -0.39 is 16.1 Å². The molecule has 3 heterocycles. The molecule has 1 aromatic heterocycles. The van der Waals surface area contributed by atoms with Gasteiger partial charge in [0.2, 0.25) is 5.91 Å². The molecule has 3 unspecified atom stereocenters. The summed E-state index contributed by atoms with van der Waals surface area (Å²) in [5.74, 6) is 0.0840. The van der Waals surface area contributed by atoms with Crippen LogP contribution < -0.4 is 15.4 Å². The SMILES string of the molecule is CC(C)(C)c1ccc(S(=O)(=O)Nc2cnc3c(c2)C(c2ccccc2)C(C(=O)NCC2CCCO2)N3)cc1. The summed E-state index contributed by atoms with van der Waals surface area (Å²) in [6, 6.07) is 17.8. The van der Waals surface area contributed by atoms with Crippen LogP contribution in [0.3, 0.4) is 0 Å². The number of fused-ring (bicyclic) bond motifs is 1. The van der Waals surface area contributed by atoms with E-state index in [4.69, 9.17) is 4.74 Å². The van der Waals surface area contributed by atoms with E-state index in [1.165, 1.54) is 6.20 Å². The van der Waals surface area contributed by atoms with Crippen molar-refractivity contribution < 1.29 is 17.9 Å². The lowest BCUT2D eigenvalue weighted by atomic mass is 9.87. The molecule has 200 valence electrons. The summed E-state index contributed by atoms with van der Waals surface area (Å²) in [5, 5.41) is 6.28. The predicted molar refractivity (Wildman–Crippen MR) is 148 cm³/mol. The van der Waals surface area contributed by atoms with E-state index in [0.717, 1.165) is 36.1 Å². The minimum atomic E-state index is -3.83. The molecule has 9 heteroatoms. The van der Waals surface area contributed by atoms with Crippen LogP contribution in [-0.4, -0.2) is 44.6 Å². The summed E-state index contributed by atoms with van der Waals surface area (Å²) in [7, 11) is -3.83. The third-order valence-electron chi connectivity index (χ3n) is 7.13. The first-order valence-corrected chi connectivity index (χ1v) is 14.4. The van der Waals surface area contributed by atoms with Gasteiger partial charge >= 0.3 is 0 Å². The van der Waals surface area contributed by atoms with Crippen LogP contribution in [0.5, 0.6) is 0 Å². The first kappa shape index (κ1) is 26.2. The second-order valence-corrected chi connectivity index (χ2v) is 12.6. The van der Waals surface area contributed by atoms with Crippen LogP contribution in [0.2, 0.25) is 0 Å². The molecule has 3 aromatic rings. The Labute approximate surface area is 224 Å². The van der Waals surface area contributed by atoms with Gasteiger partial charge in [-0.1, -0.05) is 63.2 Å². The first-order chi connectivity index (χ1) is 18.1. The summed E-state index contributed by atoms with van der Waals surface area (Å²) < 4.78 is 34.6. The van der Waals surface area contributed by atoms with Gasteiger partial charge in [0.1, 0.15) is 11.9 Å². The van der Waals surface area contributed by atoms with E-state index in [1.54, 1.807) is 18.2 Å². The summed E-state index contributed by atoms with van der Waals surface area (Å²) >= 11 is 0. The fourth-order valence-corrected chi connectivity index (χ4v) is 6.07. The third-order valence-corrected chi connectivity index (χ3v) is 8.53. The van der Waals surface area contributed by atoms with Crippen molar-refractivity contribution >= 4 is 27.4 Å². The van der Waals surface area contributed by atoms with Crippen LogP contribution in [0, 0.1) is 0 Å². The second-order valence-electron chi connectivity index (χ2n) is 10.9. The van der Waals surface area contributed by atoms with Gasteiger partial charge in [0, 0.05) is 24.6 Å². The molecule has 2 aromatic carbocycles. The molecule has 0 spiro atoms. The van der Waals surface area contributed by atoms with Crippen molar-refractivity contribution in [2.75, 3.05) is 23.2 Å². The maximum absolute atomic E-state index is 13.3. The number of nitrogens with one attached hydrogen (secondary N) is 3. The van der Waals surface area contributed by atoms with Gasteiger partial charge in [0.25, 0.3) is 10.0 Å². The average molecular weight is 535 g/mol. The molecular formula is C29H34N4O4S. The molecular weight excluding hydrogens is 500 g/mol. The van der Waals surface area contributed by atoms with Crippen molar-refractivity contribution in [2.45, 2.75) is 62.0 Å². The van der Waals surface area contributed by atoms with Gasteiger partial charge in [-0.05, 0) is 47.6 Å². The number of hydrogen-bond donors (Lipinski definition) is 3. The Bertz CT molecular complexity index is 1400. The molecule has 0 aliphatic carbocycles. The molecule has 1 fully saturated rings. The number of rotatable bonds is 7.